The molecule has 1 unspecified atom stereocenters. The van der Waals surface area contributed by atoms with Gasteiger partial charge in [0.1, 0.15) is 5.82 Å². The van der Waals surface area contributed by atoms with Crippen molar-refractivity contribution in [3.05, 3.63) is 51.9 Å². The SMILES string of the molecule is Cc1cc(-c2nc3cc(CCC(C(=O)OCC(C)C)[C@@H](C)O)ccc3n2C)c[nH]c1=O. The first-order chi connectivity index (χ1) is 14.7. The number of aromatic nitrogens is 3. The van der Waals surface area contributed by atoms with Crippen molar-refractivity contribution in [1.82, 2.24) is 14.5 Å². The van der Waals surface area contributed by atoms with Crippen LogP contribution in [-0.2, 0) is 23.0 Å². The van der Waals surface area contributed by atoms with Crippen LogP contribution < -0.4 is 5.56 Å². The largest absolute Gasteiger partial charge is 0.465 e. The van der Waals surface area contributed by atoms with E-state index in [0.29, 0.717) is 25.0 Å². The second-order valence-electron chi connectivity index (χ2n) is 8.63. The lowest BCUT2D eigenvalue weighted by atomic mass is 9.95. The summed E-state index contributed by atoms with van der Waals surface area (Å²) in [7, 11) is 1.94. The van der Waals surface area contributed by atoms with Crippen molar-refractivity contribution in [1.29, 1.82) is 0 Å². The fourth-order valence-electron chi connectivity index (χ4n) is 3.62. The molecule has 0 aliphatic heterocycles. The summed E-state index contributed by atoms with van der Waals surface area (Å²) in [6.45, 7) is 7.72. The molecular formula is C24H31N3O4. The molecule has 31 heavy (non-hydrogen) atoms. The predicted molar refractivity (Wildman–Crippen MR) is 121 cm³/mol. The quantitative estimate of drug-likeness (QED) is 0.540. The van der Waals surface area contributed by atoms with Crippen molar-refractivity contribution >= 4 is 17.0 Å². The molecule has 0 saturated heterocycles. The average Bonchev–Trinajstić information content (AvgIpc) is 3.04. The zero-order chi connectivity index (χ0) is 22.7. The van der Waals surface area contributed by atoms with Crippen LogP contribution in [0.2, 0.25) is 0 Å². The Morgan fingerprint density at radius 1 is 1.26 bits per heavy atom. The van der Waals surface area contributed by atoms with E-state index in [-0.39, 0.29) is 17.4 Å². The van der Waals surface area contributed by atoms with Crippen LogP contribution >= 0.6 is 0 Å². The normalized spacial score (nSPS) is 13.5. The maximum absolute atomic E-state index is 12.4. The fourth-order valence-corrected chi connectivity index (χ4v) is 3.62. The number of hydrogen-bond donors (Lipinski definition) is 2. The van der Waals surface area contributed by atoms with E-state index < -0.39 is 12.0 Å². The number of carbonyl (C=O) groups excluding carboxylic acids is 1. The van der Waals surface area contributed by atoms with Gasteiger partial charge in [0.2, 0.25) is 0 Å². The average molecular weight is 426 g/mol. The molecule has 3 aromatic rings. The third kappa shape index (κ3) is 5.22. The van der Waals surface area contributed by atoms with Gasteiger partial charge in [0.15, 0.2) is 0 Å². The topological polar surface area (TPSA) is 97.2 Å². The van der Waals surface area contributed by atoms with Crippen molar-refractivity contribution in [2.45, 2.75) is 46.6 Å². The van der Waals surface area contributed by atoms with Gasteiger partial charge in [-0.25, -0.2) is 4.98 Å². The second kappa shape index (κ2) is 9.47. The number of nitrogens with zero attached hydrogens (tertiary/aromatic N) is 2. The summed E-state index contributed by atoms with van der Waals surface area (Å²) in [4.78, 5) is 31.5. The summed E-state index contributed by atoms with van der Waals surface area (Å²) in [5.74, 6) is 0.118. The molecule has 1 aromatic carbocycles. The maximum atomic E-state index is 12.4. The van der Waals surface area contributed by atoms with Crippen LogP contribution in [0.25, 0.3) is 22.4 Å². The highest BCUT2D eigenvalue weighted by Gasteiger charge is 2.25. The summed E-state index contributed by atoms with van der Waals surface area (Å²) in [6.07, 6.45) is 2.03. The van der Waals surface area contributed by atoms with Gasteiger partial charge in [0.25, 0.3) is 5.56 Å². The highest BCUT2D eigenvalue weighted by atomic mass is 16.5. The summed E-state index contributed by atoms with van der Waals surface area (Å²) in [6, 6.07) is 7.87. The molecule has 0 amide bonds. The van der Waals surface area contributed by atoms with Crippen molar-refractivity contribution in [2.24, 2.45) is 18.9 Å². The number of aromatic amines is 1. The van der Waals surface area contributed by atoms with Crippen molar-refractivity contribution < 1.29 is 14.6 Å². The number of aryl methyl sites for hydroxylation is 3. The van der Waals surface area contributed by atoms with Crippen LogP contribution in [0.4, 0.5) is 0 Å². The van der Waals surface area contributed by atoms with E-state index >= 15 is 0 Å². The molecular weight excluding hydrogens is 394 g/mol. The number of aliphatic hydroxyl groups excluding tert-OH is 1. The van der Waals surface area contributed by atoms with E-state index in [1.54, 1.807) is 20.0 Å². The summed E-state index contributed by atoms with van der Waals surface area (Å²) in [5.41, 5.74) is 4.24. The van der Waals surface area contributed by atoms with Crippen LogP contribution in [0.15, 0.2) is 35.3 Å². The molecule has 3 rings (SSSR count). The summed E-state index contributed by atoms with van der Waals surface area (Å²) >= 11 is 0. The first-order valence-corrected chi connectivity index (χ1v) is 10.7. The van der Waals surface area contributed by atoms with Crippen molar-refractivity contribution in [3.8, 4) is 11.4 Å². The molecule has 0 fully saturated rings. The predicted octanol–water partition coefficient (Wildman–Crippen LogP) is 3.37. The van der Waals surface area contributed by atoms with Gasteiger partial charge in [-0.3, -0.25) is 9.59 Å². The molecule has 2 atom stereocenters. The number of imidazole rings is 1. The molecule has 0 aliphatic carbocycles. The maximum Gasteiger partial charge on any atom is 0.311 e. The first-order valence-electron chi connectivity index (χ1n) is 10.7. The van der Waals surface area contributed by atoms with E-state index in [1.807, 2.05) is 49.7 Å². The molecule has 7 heteroatoms. The van der Waals surface area contributed by atoms with Gasteiger partial charge in [-0.05, 0) is 56.4 Å². The Bertz CT molecular complexity index is 1130. The molecule has 0 bridgehead atoms. The zero-order valence-electron chi connectivity index (χ0n) is 18.8. The third-order valence-corrected chi connectivity index (χ3v) is 5.48. The van der Waals surface area contributed by atoms with E-state index in [4.69, 9.17) is 9.72 Å². The Balaban J connectivity index is 1.80. The Hall–Kier alpha value is -2.93. The third-order valence-electron chi connectivity index (χ3n) is 5.48. The highest BCUT2D eigenvalue weighted by Crippen LogP contribution is 2.25. The smallest absolute Gasteiger partial charge is 0.311 e. The minimum absolute atomic E-state index is 0.107. The lowest BCUT2D eigenvalue weighted by Gasteiger charge is -2.19. The van der Waals surface area contributed by atoms with Crippen LogP contribution in [-0.4, -0.2) is 38.3 Å². The molecule has 2 N–H and O–H groups in total. The highest BCUT2D eigenvalue weighted by molar-refractivity contribution is 5.81. The lowest BCUT2D eigenvalue weighted by molar-refractivity contribution is -0.153. The number of fused-ring (bicyclic) bond motifs is 1. The number of hydrogen-bond acceptors (Lipinski definition) is 5. The first kappa shape index (κ1) is 22.7. The number of rotatable bonds is 8. The van der Waals surface area contributed by atoms with Crippen LogP contribution in [0.5, 0.6) is 0 Å². The molecule has 0 spiro atoms. The van der Waals surface area contributed by atoms with Gasteiger partial charge >= 0.3 is 5.97 Å². The van der Waals surface area contributed by atoms with Crippen LogP contribution in [0, 0.1) is 18.8 Å². The molecule has 2 heterocycles. The Labute approximate surface area is 182 Å². The Kier molecular flexibility index (Phi) is 6.95. The van der Waals surface area contributed by atoms with Gasteiger partial charge in [-0.2, -0.15) is 0 Å². The minimum Gasteiger partial charge on any atom is -0.465 e. The zero-order valence-corrected chi connectivity index (χ0v) is 18.8. The molecule has 0 saturated carbocycles. The number of ether oxygens (including phenoxy) is 1. The fraction of sp³-hybridized carbons (Fsp3) is 0.458. The number of esters is 1. The summed E-state index contributed by atoms with van der Waals surface area (Å²) in [5, 5.41) is 10.1. The molecule has 166 valence electrons. The summed E-state index contributed by atoms with van der Waals surface area (Å²) < 4.78 is 7.33. The van der Waals surface area contributed by atoms with Crippen LogP contribution in [0.1, 0.15) is 38.3 Å². The number of carbonyl (C=O) groups is 1. The van der Waals surface area contributed by atoms with Gasteiger partial charge in [0, 0.05) is 24.4 Å². The van der Waals surface area contributed by atoms with E-state index in [1.165, 1.54) is 0 Å². The number of benzene rings is 1. The Morgan fingerprint density at radius 3 is 2.65 bits per heavy atom. The Morgan fingerprint density at radius 2 is 2.00 bits per heavy atom. The van der Waals surface area contributed by atoms with Crippen molar-refractivity contribution in [2.75, 3.05) is 6.61 Å². The number of aliphatic hydroxyl groups is 1. The van der Waals surface area contributed by atoms with Gasteiger partial charge in [-0.15, -0.1) is 0 Å². The van der Waals surface area contributed by atoms with Crippen molar-refractivity contribution in [3.63, 3.8) is 0 Å². The van der Waals surface area contributed by atoms with Gasteiger partial charge in [-0.1, -0.05) is 19.9 Å². The second-order valence-corrected chi connectivity index (χ2v) is 8.63. The molecule has 7 nitrogen and oxygen atoms in total. The van der Waals surface area contributed by atoms with E-state index in [9.17, 15) is 14.7 Å². The number of pyridine rings is 1. The monoisotopic (exact) mass is 425 g/mol. The van der Waals surface area contributed by atoms with Gasteiger partial charge < -0.3 is 19.4 Å². The van der Waals surface area contributed by atoms with E-state index in [0.717, 1.165) is 28.0 Å². The molecule has 0 aliphatic rings. The standard InChI is InChI=1S/C24H31N3O4/c1-14(2)13-31-24(30)19(16(4)28)8-6-17-7-9-21-20(11-17)26-22(27(21)5)18-10-15(3)23(29)25-12-18/h7,9-12,14,16,19,28H,6,8,13H2,1-5H3,(H,25,29)/t16-,19?/m1/s1. The lowest BCUT2D eigenvalue weighted by Crippen LogP contribution is -2.29. The number of nitrogens with one attached hydrogen (secondary N) is 1. The van der Waals surface area contributed by atoms with E-state index in [2.05, 4.69) is 4.98 Å². The molecule has 2 aromatic heterocycles. The van der Waals surface area contributed by atoms with Gasteiger partial charge in [0.05, 0.1) is 29.7 Å². The minimum atomic E-state index is -0.770. The van der Waals surface area contributed by atoms with Crippen LogP contribution in [0.3, 0.4) is 0 Å². The molecule has 0 radical (unpaired) electrons. The number of H-pyrrole nitrogens is 1.